The lowest BCUT2D eigenvalue weighted by Gasteiger charge is -2.08. The molecule has 0 bridgehead atoms. The van der Waals surface area contributed by atoms with E-state index in [1.54, 1.807) is 55.7 Å². The lowest BCUT2D eigenvalue weighted by molar-refractivity contribution is -0.143. The van der Waals surface area contributed by atoms with Crippen LogP contribution in [0.3, 0.4) is 0 Å². The monoisotopic (exact) mass is 494 g/mol. The van der Waals surface area contributed by atoms with Gasteiger partial charge >= 0.3 is 5.97 Å². The molecule has 3 aromatic rings. The van der Waals surface area contributed by atoms with Crippen LogP contribution in [0.15, 0.2) is 52.4 Å². The normalized spacial score (nSPS) is 12.5. The van der Waals surface area contributed by atoms with E-state index >= 15 is 0 Å². The number of ether oxygens (including phenoxy) is 1. The Kier molecular flexibility index (Phi) is 7.53. The molecule has 7 nitrogen and oxygen atoms in total. The summed E-state index contributed by atoms with van der Waals surface area (Å²) < 4.78 is 32.0. The second-order valence-corrected chi connectivity index (χ2v) is 11.3. The third-order valence-electron chi connectivity index (χ3n) is 4.69. The first-order chi connectivity index (χ1) is 15.1. The van der Waals surface area contributed by atoms with Crippen molar-refractivity contribution in [1.82, 2.24) is 4.57 Å². The number of fused-ring (bicyclic) bond motifs is 1. The third kappa shape index (κ3) is 5.46. The van der Waals surface area contributed by atoms with Crippen LogP contribution in [0.5, 0.6) is 0 Å². The maximum Gasteiger partial charge on any atom is 0.326 e. The molecule has 0 unspecified atom stereocenters. The average molecular weight is 495 g/mol. The molecule has 0 aliphatic heterocycles. The van der Waals surface area contributed by atoms with Crippen molar-refractivity contribution in [3.63, 3.8) is 0 Å². The van der Waals surface area contributed by atoms with E-state index in [0.717, 1.165) is 10.2 Å². The van der Waals surface area contributed by atoms with Gasteiger partial charge in [0.05, 0.1) is 33.4 Å². The molecule has 0 atom stereocenters. The molecule has 1 heterocycles. The average Bonchev–Trinajstić information content (AvgIpc) is 3.04. The molecule has 10 heteroatoms. The van der Waals surface area contributed by atoms with E-state index in [4.69, 9.17) is 16.3 Å². The van der Waals surface area contributed by atoms with Crippen molar-refractivity contribution in [3.05, 3.63) is 57.9 Å². The van der Waals surface area contributed by atoms with Gasteiger partial charge in [0.2, 0.25) is 0 Å². The molecule has 0 saturated carbocycles. The van der Waals surface area contributed by atoms with Crippen LogP contribution < -0.4 is 4.80 Å². The lowest BCUT2D eigenvalue weighted by atomic mass is 10.1. The molecule has 32 heavy (non-hydrogen) atoms. The minimum Gasteiger partial charge on any atom is -0.465 e. The number of hydrogen-bond acceptors (Lipinski definition) is 6. The van der Waals surface area contributed by atoms with Crippen molar-refractivity contribution >= 4 is 54.9 Å². The quantitative estimate of drug-likeness (QED) is 0.466. The van der Waals surface area contributed by atoms with Gasteiger partial charge in [-0.25, -0.2) is 8.42 Å². The summed E-state index contributed by atoms with van der Waals surface area (Å²) in [6.07, 6.45) is -0.00356. The summed E-state index contributed by atoms with van der Waals surface area (Å²) in [4.78, 5) is 29.5. The molecular weight excluding hydrogens is 472 g/mol. The highest BCUT2D eigenvalue weighted by atomic mass is 35.5. The number of carbonyl (C=O) groups excluding carboxylic acids is 2. The first-order valence-electron chi connectivity index (χ1n) is 9.96. The zero-order chi connectivity index (χ0) is 23.5. The molecule has 170 valence electrons. The van der Waals surface area contributed by atoms with Gasteiger partial charge in [-0.05, 0) is 56.7 Å². The van der Waals surface area contributed by atoms with Crippen molar-refractivity contribution in [2.75, 3.05) is 6.61 Å². The summed E-state index contributed by atoms with van der Waals surface area (Å²) in [7, 11) is -3.38. The summed E-state index contributed by atoms with van der Waals surface area (Å²) in [5, 5.41) is 0.0117. The lowest BCUT2D eigenvalue weighted by Crippen LogP contribution is -2.23. The van der Waals surface area contributed by atoms with Gasteiger partial charge in [-0.3, -0.25) is 9.59 Å². The van der Waals surface area contributed by atoms with Crippen molar-refractivity contribution in [1.29, 1.82) is 0 Å². The minimum atomic E-state index is -3.38. The molecular formula is C22H23ClN2O5S2. The third-order valence-corrected chi connectivity index (χ3v) is 8.13. The molecule has 0 aliphatic rings. The number of rotatable bonds is 7. The van der Waals surface area contributed by atoms with E-state index in [1.807, 2.05) is 0 Å². The molecule has 1 amide bonds. The van der Waals surface area contributed by atoms with Gasteiger partial charge < -0.3 is 9.30 Å². The molecule has 2 aromatic carbocycles. The highest BCUT2D eigenvalue weighted by molar-refractivity contribution is 7.92. The molecule has 0 saturated heterocycles. The van der Waals surface area contributed by atoms with Gasteiger partial charge in [-0.2, -0.15) is 4.99 Å². The Bertz CT molecular complexity index is 1320. The first kappa shape index (κ1) is 24.2. The Morgan fingerprint density at radius 3 is 2.47 bits per heavy atom. The largest absolute Gasteiger partial charge is 0.465 e. The number of amides is 1. The van der Waals surface area contributed by atoms with E-state index in [0.29, 0.717) is 15.4 Å². The van der Waals surface area contributed by atoms with Crippen LogP contribution in [0.1, 0.15) is 26.3 Å². The second kappa shape index (κ2) is 9.97. The predicted molar refractivity (Wildman–Crippen MR) is 124 cm³/mol. The molecule has 0 spiro atoms. The Hall–Kier alpha value is -2.49. The summed E-state index contributed by atoms with van der Waals surface area (Å²) >= 11 is 7.33. The maximum atomic E-state index is 12.6. The van der Waals surface area contributed by atoms with Gasteiger partial charge in [0.1, 0.15) is 6.54 Å². The van der Waals surface area contributed by atoms with E-state index in [-0.39, 0.29) is 24.5 Å². The SMILES string of the molecule is CCOC(=O)Cn1c(=NC(=O)Cc2ccc(S(=O)(=O)C(C)C)cc2)sc2cc(Cl)ccc21. The van der Waals surface area contributed by atoms with Crippen molar-refractivity contribution in [3.8, 4) is 0 Å². The molecule has 1 aromatic heterocycles. The van der Waals surface area contributed by atoms with E-state index in [1.165, 1.54) is 23.5 Å². The van der Waals surface area contributed by atoms with Gasteiger partial charge in [-0.15, -0.1) is 0 Å². The van der Waals surface area contributed by atoms with Crippen LogP contribution in [0.2, 0.25) is 5.02 Å². The van der Waals surface area contributed by atoms with Crippen molar-refractivity contribution in [2.24, 2.45) is 4.99 Å². The Labute approximate surface area is 195 Å². The van der Waals surface area contributed by atoms with Crippen LogP contribution >= 0.6 is 22.9 Å². The van der Waals surface area contributed by atoms with Crippen LogP contribution in [-0.4, -0.2) is 36.7 Å². The van der Waals surface area contributed by atoms with Gasteiger partial charge in [0, 0.05) is 5.02 Å². The van der Waals surface area contributed by atoms with E-state index < -0.39 is 27.0 Å². The summed E-state index contributed by atoms with van der Waals surface area (Å²) in [6, 6.07) is 11.4. The van der Waals surface area contributed by atoms with Gasteiger partial charge in [0.15, 0.2) is 14.6 Å². The van der Waals surface area contributed by atoms with Crippen LogP contribution in [-0.2, 0) is 37.1 Å². The zero-order valence-corrected chi connectivity index (χ0v) is 20.3. The Morgan fingerprint density at radius 2 is 1.84 bits per heavy atom. The molecule has 0 N–H and O–H groups in total. The number of benzene rings is 2. The van der Waals surface area contributed by atoms with Crippen LogP contribution in [0, 0.1) is 0 Å². The number of sulfone groups is 1. The number of hydrogen-bond donors (Lipinski definition) is 0. The fraction of sp³-hybridized carbons (Fsp3) is 0.318. The number of nitrogens with zero attached hydrogens (tertiary/aromatic N) is 2. The smallest absolute Gasteiger partial charge is 0.326 e. The fourth-order valence-corrected chi connectivity index (χ4v) is 5.39. The zero-order valence-electron chi connectivity index (χ0n) is 17.9. The summed E-state index contributed by atoms with van der Waals surface area (Å²) in [6.45, 7) is 5.13. The number of thiazole rings is 1. The number of aromatic nitrogens is 1. The molecule has 0 fully saturated rings. The highest BCUT2D eigenvalue weighted by Crippen LogP contribution is 2.22. The predicted octanol–water partition coefficient (Wildman–Crippen LogP) is 3.77. The summed E-state index contributed by atoms with van der Waals surface area (Å²) in [5.41, 5.74) is 1.37. The molecule has 0 radical (unpaired) electrons. The topological polar surface area (TPSA) is 94.8 Å². The van der Waals surface area contributed by atoms with Crippen molar-refractivity contribution in [2.45, 2.75) is 43.9 Å². The minimum absolute atomic E-state index is 0.00356. The van der Waals surface area contributed by atoms with Gasteiger partial charge in [0.25, 0.3) is 5.91 Å². The maximum absolute atomic E-state index is 12.6. The summed E-state index contributed by atoms with van der Waals surface area (Å²) in [5.74, 6) is -0.849. The van der Waals surface area contributed by atoms with Crippen molar-refractivity contribution < 1.29 is 22.7 Å². The number of halogens is 1. The van der Waals surface area contributed by atoms with E-state index in [9.17, 15) is 18.0 Å². The second-order valence-electron chi connectivity index (χ2n) is 7.31. The Balaban J connectivity index is 1.91. The highest BCUT2D eigenvalue weighted by Gasteiger charge is 2.19. The standard InChI is InChI=1S/C22H23ClN2O5S2/c1-4-30-21(27)13-25-18-10-7-16(23)12-19(18)31-22(25)24-20(26)11-15-5-8-17(9-6-15)32(28,29)14(2)3/h5-10,12,14H,4,11,13H2,1-3H3. The van der Waals surface area contributed by atoms with Crippen LogP contribution in [0.4, 0.5) is 0 Å². The van der Waals surface area contributed by atoms with E-state index in [2.05, 4.69) is 4.99 Å². The molecule has 3 rings (SSSR count). The number of carbonyl (C=O) groups is 2. The van der Waals surface area contributed by atoms with Gasteiger partial charge in [-0.1, -0.05) is 35.1 Å². The Morgan fingerprint density at radius 1 is 1.16 bits per heavy atom. The molecule has 0 aliphatic carbocycles. The first-order valence-corrected chi connectivity index (χ1v) is 12.7. The number of esters is 1. The van der Waals surface area contributed by atoms with Crippen LogP contribution in [0.25, 0.3) is 10.2 Å². The fourth-order valence-electron chi connectivity index (χ4n) is 3.01.